The van der Waals surface area contributed by atoms with Gasteiger partial charge in [0.05, 0.1) is 5.33 Å². The number of rotatable bonds is 1. The lowest BCUT2D eigenvalue weighted by molar-refractivity contribution is -0.274. The van der Waals surface area contributed by atoms with E-state index >= 15 is 0 Å². The van der Waals surface area contributed by atoms with E-state index in [1.165, 1.54) is 18.2 Å². The molecule has 15 heavy (non-hydrogen) atoms. The van der Waals surface area contributed by atoms with Crippen molar-refractivity contribution in [3.05, 3.63) is 29.8 Å². The van der Waals surface area contributed by atoms with Crippen molar-refractivity contribution in [1.29, 1.82) is 0 Å². The first-order valence-electron chi connectivity index (χ1n) is 3.92. The number of hydrogen-bond acceptors (Lipinski definition) is 1. The number of alkyl halides is 4. The summed E-state index contributed by atoms with van der Waals surface area (Å²) in [6.45, 7) is 0. The van der Waals surface area contributed by atoms with Gasteiger partial charge in [-0.15, -0.1) is 13.2 Å². The Morgan fingerprint density at radius 2 is 2.07 bits per heavy atom. The molecular weight excluding hydrogens is 273 g/mol. The Bertz CT molecular complexity index is 390. The van der Waals surface area contributed by atoms with Crippen molar-refractivity contribution < 1.29 is 17.9 Å². The summed E-state index contributed by atoms with van der Waals surface area (Å²) in [6, 6.07) is 5.54. The molecule has 1 nitrogen and oxygen atoms in total. The van der Waals surface area contributed by atoms with Crippen molar-refractivity contribution in [1.82, 2.24) is 0 Å². The van der Waals surface area contributed by atoms with Gasteiger partial charge in [-0.2, -0.15) is 0 Å². The molecule has 0 saturated carbocycles. The molecule has 0 radical (unpaired) electrons. The maximum atomic E-state index is 11.9. The highest BCUT2D eigenvalue weighted by Crippen LogP contribution is 2.22. The first-order valence-corrected chi connectivity index (χ1v) is 5.04. The Morgan fingerprint density at radius 3 is 2.67 bits per heavy atom. The first kappa shape index (κ1) is 11.9. The van der Waals surface area contributed by atoms with E-state index in [1.54, 1.807) is 6.07 Å². The lowest BCUT2D eigenvalue weighted by Gasteiger charge is -2.08. The van der Waals surface area contributed by atoms with Crippen molar-refractivity contribution in [2.24, 2.45) is 0 Å². The second-order valence-corrected chi connectivity index (χ2v) is 3.07. The normalized spacial score (nSPS) is 10.4. The van der Waals surface area contributed by atoms with Gasteiger partial charge in [0, 0.05) is 5.56 Å². The number of ether oxygens (including phenoxy) is 1. The minimum absolute atomic E-state index is 0.260. The second-order valence-electron chi connectivity index (χ2n) is 2.51. The minimum atomic E-state index is -4.67. The molecule has 0 amide bonds. The average molecular weight is 279 g/mol. The van der Waals surface area contributed by atoms with E-state index in [9.17, 15) is 13.2 Å². The molecule has 1 rings (SSSR count). The van der Waals surface area contributed by atoms with Crippen LogP contribution < -0.4 is 4.74 Å². The fourth-order valence-electron chi connectivity index (χ4n) is 0.906. The molecule has 5 heteroatoms. The number of benzene rings is 1. The molecule has 0 spiro atoms. The Labute approximate surface area is 93.4 Å². The predicted octanol–water partition coefficient (Wildman–Crippen LogP) is 3.33. The van der Waals surface area contributed by atoms with Gasteiger partial charge in [-0.3, -0.25) is 0 Å². The van der Waals surface area contributed by atoms with Crippen molar-refractivity contribution >= 4 is 15.9 Å². The van der Waals surface area contributed by atoms with E-state index in [-0.39, 0.29) is 5.75 Å². The van der Waals surface area contributed by atoms with Crippen LogP contribution in [0.5, 0.6) is 5.75 Å². The SMILES string of the molecule is FC(F)(F)Oc1cccc(C#CCBr)c1. The smallest absolute Gasteiger partial charge is 0.406 e. The first-order chi connectivity index (χ1) is 7.01. The molecule has 0 fully saturated rings. The lowest BCUT2D eigenvalue weighted by atomic mass is 10.2. The summed E-state index contributed by atoms with van der Waals surface area (Å²) in [6.07, 6.45) is -4.67. The summed E-state index contributed by atoms with van der Waals surface area (Å²) in [7, 11) is 0. The zero-order valence-corrected chi connectivity index (χ0v) is 9.02. The van der Waals surface area contributed by atoms with Crippen LogP contribution in [0.25, 0.3) is 0 Å². The summed E-state index contributed by atoms with van der Waals surface area (Å²) in [5, 5.41) is 0.470. The standard InChI is InChI=1S/C10H6BrF3O/c11-6-2-4-8-3-1-5-9(7-8)15-10(12,13)14/h1,3,5,7H,6H2. The summed E-state index contributed by atoms with van der Waals surface area (Å²) in [5.74, 6) is 5.10. The largest absolute Gasteiger partial charge is 0.573 e. The van der Waals surface area contributed by atoms with Gasteiger partial charge in [-0.25, -0.2) is 0 Å². The van der Waals surface area contributed by atoms with Crippen LogP contribution >= 0.6 is 15.9 Å². The molecule has 0 aliphatic carbocycles. The predicted molar refractivity (Wildman–Crippen MR) is 53.8 cm³/mol. The monoisotopic (exact) mass is 278 g/mol. The summed E-state index contributed by atoms with van der Waals surface area (Å²) in [4.78, 5) is 0. The van der Waals surface area contributed by atoms with E-state index < -0.39 is 6.36 Å². The molecule has 0 bridgehead atoms. The molecule has 0 aliphatic heterocycles. The third-order valence-electron chi connectivity index (χ3n) is 1.37. The quantitative estimate of drug-likeness (QED) is 0.566. The third kappa shape index (κ3) is 4.75. The fourth-order valence-corrected chi connectivity index (χ4v) is 1.05. The van der Waals surface area contributed by atoms with Crippen LogP contribution in [0.1, 0.15) is 5.56 Å². The lowest BCUT2D eigenvalue weighted by Crippen LogP contribution is -2.17. The fraction of sp³-hybridized carbons (Fsp3) is 0.200. The zero-order valence-electron chi connectivity index (χ0n) is 7.44. The molecule has 0 atom stereocenters. The van der Waals surface area contributed by atoms with E-state index in [0.717, 1.165) is 0 Å². The van der Waals surface area contributed by atoms with Gasteiger partial charge in [0.1, 0.15) is 5.75 Å². The third-order valence-corrected chi connectivity index (χ3v) is 1.65. The van der Waals surface area contributed by atoms with Crippen molar-refractivity contribution in [2.75, 3.05) is 5.33 Å². The molecule has 80 valence electrons. The van der Waals surface area contributed by atoms with E-state index in [4.69, 9.17) is 0 Å². The van der Waals surface area contributed by atoms with Crippen LogP contribution in [0.15, 0.2) is 24.3 Å². The maximum absolute atomic E-state index is 11.9. The molecular formula is C10H6BrF3O. The summed E-state index contributed by atoms with van der Waals surface area (Å²) >= 11 is 3.09. The van der Waals surface area contributed by atoms with Crippen LogP contribution in [0, 0.1) is 11.8 Å². The van der Waals surface area contributed by atoms with Crippen LogP contribution in [0.4, 0.5) is 13.2 Å². The molecule has 1 aromatic carbocycles. The van der Waals surface area contributed by atoms with Gasteiger partial charge in [0.15, 0.2) is 0 Å². The van der Waals surface area contributed by atoms with Crippen LogP contribution in [0.2, 0.25) is 0 Å². The Balaban J connectivity index is 2.83. The van der Waals surface area contributed by atoms with Crippen LogP contribution in [-0.4, -0.2) is 11.7 Å². The van der Waals surface area contributed by atoms with E-state index in [0.29, 0.717) is 10.9 Å². The van der Waals surface area contributed by atoms with Gasteiger partial charge >= 0.3 is 6.36 Å². The average Bonchev–Trinajstić information content (AvgIpc) is 2.12. The van der Waals surface area contributed by atoms with Gasteiger partial charge in [0.25, 0.3) is 0 Å². The van der Waals surface area contributed by atoms with Gasteiger partial charge < -0.3 is 4.74 Å². The number of halogens is 4. The van der Waals surface area contributed by atoms with Crippen molar-refractivity contribution in [3.8, 4) is 17.6 Å². The zero-order chi connectivity index (χ0) is 11.3. The van der Waals surface area contributed by atoms with Gasteiger partial charge in [-0.1, -0.05) is 33.8 Å². The van der Waals surface area contributed by atoms with Crippen molar-refractivity contribution in [3.63, 3.8) is 0 Å². The second kappa shape index (κ2) is 5.08. The molecule has 0 unspecified atom stereocenters. The van der Waals surface area contributed by atoms with E-state index in [1.807, 2.05) is 0 Å². The Hall–Kier alpha value is -1.15. The molecule has 0 N–H and O–H groups in total. The maximum Gasteiger partial charge on any atom is 0.573 e. The van der Waals surface area contributed by atoms with Crippen LogP contribution in [-0.2, 0) is 0 Å². The van der Waals surface area contributed by atoms with Gasteiger partial charge in [0.2, 0.25) is 0 Å². The highest BCUT2D eigenvalue weighted by atomic mass is 79.9. The van der Waals surface area contributed by atoms with Gasteiger partial charge in [-0.05, 0) is 18.2 Å². The molecule has 0 aromatic heterocycles. The van der Waals surface area contributed by atoms with E-state index in [2.05, 4.69) is 32.5 Å². The minimum Gasteiger partial charge on any atom is -0.406 e. The topological polar surface area (TPSA) is 9.23 Å². The number of hydrogen-bond donors (Lipinski definition) is 0. The molecule has 0 heterocycles. The van der Waals surface area contributed by atoms with Crippen LogP contribution in [0.3, 0.4) is 0 Å². The highest BCUT2D eigenvalue weighted by molar-refractivity contribution is 9.09. The molecule has 0 aliphatic rings. The summed E-state index contributed by atoms with van der Waals surface area (Å²) < 4.78 is 39.3. The van der Waals surface area contributed by atoms with Crippen molar-refractivity contribution in [2.45, 2.75) is 6.36 Å². The summed E-state index contributed by atoms with van der Waals surface area (Å²) in [5.41, 5.74) is 0.483. The molecule has 0 saturated heterocycles. The highest BCUT2D eigenvalue weighted by Gasteiger charge is 2.30. The molecule has 1 aromatic rings. The Morgan fingerprint density at radius 1 is 1.33 bits per heavy atom. The Kier molecular flexibility index (Phi) is 4.04.